The Morgan fingerprint density at radius 2 is 2.45 bits per heavy atom. The molecule has 0 aliphatic carbocycles. The Hall–Kier alpha value is -1.08. The Morgan fingerprint density at radius 1 is 1.82 bits per heavy atom. The van der Waals surface area contributed by atoms with Gasteiger partial charge in [-0.05, 0) is 6.42 Å². The third kappa shape index (κ3) is 3.58. The van der Waals surface area contributed by atoms with Crippen LogP contribution in [0.2, 0.25) is 0 Å². The zero-order valence-corrected chi connectivity index (χ0v) is 6.50. The summed E-state index contributed by atoms with van der Waals surface area (Å²) in [6.07, 6.45) is 0.508. The number of amides is 1. The number of hydrogen-bond donors (Lipinski definition) is 2. The number of carbonyl (C=O) groups excluding carboxylic acids is 1. The van der Waals surface area contributed by atoms with Crippen molar-refractivity contribution in [2.24, 2.45) is 5.92 Å². The lowest BCUT2D eigenvalue weighted by Gasteiger charge is -2.05. The number of rotatable bonds is 4. The second-order valence-electron chi connectivity index (χ2n) is 2.10. The van der Waals surface area contributed by atoms with Crippen molar-refractivity contribution in [2.75, 3.05) is 13.2 Å². The molecule has 0 heterocycles. The predicted octanol–water partition coefficient (Wildman–Crippen LogP) is -0.355. The van der Waals surface area contributed by atoms with Crippen molar-refractivity contribution in [3.05, 3.63) is 0 Å². The molecule has 2 N–H and O–H groups in total. The molecule has 4 nitrogen and oxygen atoms in total. The van der Waals surface area contributed by atoms with E-state index in [1.165, 1.54) is 0 Å². The van der Waals surface area contributed by atoms with Gasteiger partial charge in [0.2, 0.25) is 5.91 Å². The van der Waals surface area contributed by atoms with Crippen LogP contribution >= 0.6 is 0 Å². The first-order valence-corrected chi connectivity index (χ1v) is 3.54. The lowest BCUT2D eigenvalue weighted by Crippen LogP contribution is -2.31. The van der Waals surface area contributed by atoms with Gasteiger partial charge in [-0.3, -0.25) is 4.79 Å². The number of aliphatic hydroxyl groups is 1. The molecule has 0 saturated carbocycles. The molecule has 11 heavy (non-hydrogen) atoms. The van der Waals surface area contributed by atoms with Gasteiger partial charge >= 0.3 is 0 Å². The molecule has 0 fully saturated rings. The highest BCUT2D eigenvalue weighted by atomic mass is 16.3. The summed E-state index contributed by atoms with van der Waals surface area (Å²) >= 11 is 0. The van der Waals surface area contributed by atoms with Gasteiger partial charge in [-0.25, -0.2) is 0 Å². The van der Waals surface area contributed by atoms with Crippen LogP contribution < -0.4 is 5.32 Å². The third-order valence-corrected chi connectivity index (χ3v) is 1.29. The molecular weight excluding hydrogens is 144 g/mol. The van der Waals surface area contributed by atoms with Crippen molar-refractivity contribution in [2.45, 2.75) is 13.3 Å². The minimum Gasteiger partial charge on any atom is -0.395 e. The van der Waals surface area contributed by atoms with Crippen molar-refractivity contribution in [3.63, 3.8) is 0 Å². The van der Waals surface area contributed by atoms with Gasteiger partial charge in [0.25, 0.3) is 0 Å². The van der Waals surface area contributed by atoms with Gasteiger partial charge in [-0.2, -0.15) is 5.26 Å². The first-order chi connectivity index (χ1) is 5.26. The summed E-state index contributed by atoms with van der Waals surface area (Å²) < 4.78 is 0. The maximum atomic E-state index is 10.9. The maximum absolute atomic E-state index is 10.9. The smallest absolute Gasteiger partial charge is 0.237 e. The zero-order chi connectivity index (χ0) is 8.69. The maximum Gasteiger partial charge on any atom is 0.237 e. The van der Waals surface area contributed by atoms with Crippen LogP contribution in [0.5, 0.6) is 0 Å². The number of nitrogens with one attached hydrogen (secondary N) is 1. The van der Waals surface area contributed by atoms with E-state index in [0.29, 0.717) is 6.42 Å². The van der Waals surface area contributed by atoms with E-state index < -0.39 is 5.92 Å². The molecule has 1 amide bonds. The summed E-state index contributed by atoms with van der Waals surface area (Å²) in [7, 11) is 0. The van der Waals surface area contributed by atoms with Crippen LogP contribution in [-0.4, -0.2) is 24.2 Å². The minimum atomic E-state index is -0.582. The Labute approximate surface area is 65.8 Å². The second kappa shape index (κ2) is 5.69. The third-order valence-electron chi connectivity index (χ3n) is 1.29. The average molecular weight is 156 g/mol. The molecule has 4 heteroatoms. The van der Waals surface area contributed by atoms with Gasteiger partial charge in [0.15, 0.2) is 0 Å². The molecule has 1 atom stereocenters. The van der Waals surface area contributed by atoms with E-state index in [-0.39, 0.29) is 19.1 Å². The van der Waals surface area contributed by atoms with Crippen LogP contribution in [0.4, 0.5) is 0 Å². The van der Waals surface area contributed by atoms with E-state index in [2.05, 4.69) is 5.32 Å². The van der Waals surface area contributed by atoms with E-state index in [1.807, 2.05) is 6.07 Å². The van der Waals surface area contributed by atoms with Gasteiger partial charge in [0.05, 0.1) is 12.7 Å². The highest BCUT2D eigenvalue weighted by molar-refractivity contribution is 5.80. The Kier molecular flexibility index (Phi) is 5.13. The summed E-state index contributed by atoms with van der Waals surface area (Å²) in [6, 6.07) is 1.87. The first kappa shape index (κ1) is 9.92. The molecule has 0 aliphatic rings. The molecule has 0 bridgehead atoms. The number of nitrogens with zero attached hydrogens (tertiary/aromatic N) is 1. The van der Waals surface area contributed by atoms with E-state index >= 15 is 0 Å². The molecule has 0 aromatic rings. The average Bonchev–Trinajstić information content (AvgIpc) is 2.03. The largest absolute Gasteiger partial charge is 0.395 e. The molecule has 0 aromatic heterocycles. The number of nitriles is 1. The standard InChI is InChI=1S/C7H12N2O2/c1-2-6(5-8)7(11)9-3-4-10/h6,10H,2-4H2,1H3,(H,9,11). The molecule has 0 rings (SSSR count). The Bertz CT molecular complexity index is 162. The van der Waals surface area contributed by atoms with Crippen molar-refractivity contribution in [3.8, 4) is 6.07 Å². The van der Waals surface area contributed by atoms with Crippen molar-refractivity contribution in [1.29, 1.82) is 5.26 Å². The van der Waals surface area contributed by atoms with Gasteiger partial charge < -0.3 is 10.4 Å². The monoisotopic (exact) mass is 156 g/mol. The molecular formula is C7H12N2O2. The van der Waals surface area contributed by atoms with Crippen molar-refractivity contribution < 1.29 is 9.90 Å². The Morgan fingerprint density at radius 3 is 2.82 bits per heavy atom. The number of carbonyl (C=O) groups is 1. The molecule has 0 spiro atoms. The first-order valence-electron chi connectivity index (χ1n) is 3.54. The summed E-state index contributed by atoms with van der Waals surface area (Å²) in [5.41, 5.74) is 0. The summed E-state index contributed by atoms with van der Waals surface area (Å²) in [5.74, 6) is -0.884. The van der Waals surface area contributed by atoms with E-state index in [4.69, 9.17) is 10.4 Å². The fourth-order valence-corrected chi connectivity index (χ4v) is 0.638. The highest BCUT2D eigenvalue weighted by Gasteiger charge is 2.13. The fraction of sp³-hybridized carbons (Fsp3) is 0.714. The molecule has 0 aliphatic heterocycles. The van der Waals surface area contributed by atoms with Gasteiger partial charge in [0, 0.05) is 6.54 Å². The summed E-state index contributed by atoms with van der Waals surface area (Å²) in [5, 5.41) is 19.2. The van der Waals surface area contributed by atoms with Gasteiger partial charge in [-0.1, -0.05) is 6.92 Å². The molecule has 0 aromatic carbocycles. The lowest BCUT2D eigenvalue weighted by molar-refractivity contribution is -0.123. The molecule has 1 unspecified atom stereocenters. The SMILES string of the molecule is CCC(C#N)C(=O)NCCO. The van der Waals surface area contributed by atoms with Crippen LogP contribution in [0.3, 0.4) is 0 Å². The Balaban J connectivity index is 3.72. The quantitative estimate of drug-likeness (QED) is 0.584. The molecule has 0 saturated heterocycles. The summed E-state index contributed by atoms with van der Waals surface area (Å²) in [6.45, 7) is 1.90. The number of aliphatic hydroxyl groups excluding tert-OH is 1. The van der Waals surface area contributed by atoms with Crippen molar-refractivity contribution >= 4 is 5.91 Å². The van der Waals surface area contributed by atoms with Gasteiger partial charge in [0.1, 0.15) is 5.92 Å². The van der Waals surface area contributed by atoms with Crippen LogP contribution in [0.15, 0.2) is 0 Å². The van der Waals surface area contributed by atoms with Crippen molar-refractivity contribution in [1.82, 2.24) is 5.32 Å². The van der Waals surface area contributed by atoms with Crippen LogP contribution in [-0.2, 0) is 4.79 Å². The van der Waals surface area contributed by atoms with Gasteiger partial charge in [-0.15, -0.1) is 0 Å². The van der Waals surface area contributed by atoms with Crippen LogP contribution in [0.1, 0.15) is 13.3 Å². The minimum absolute atomic E-state index is 0.0897. The van der Waals surface area contributed by atoms with E-state index in [1.54, 1.807) is 6.92 Å². The number of hydrogen-bond acceptors (Lipinski definition) is 3. The van der Waals surface area contributed by atoms with Crippen LogP contribution in [0, 0.1) is 17.2 Å². The summed E-state index contributed by atoms with van der Waals surface area (Å²) in [4.78, 5) is 10.9. The van der Waals surface area contributed by atoms with E-state index in [9.17, 15) is 4.79 Å². The topological polar surface area (TPSA) is 73.1 Å². The molecule has 0 radical (unpaired) electrons. The van der Waals surface area contributed by atoms with E-state index in [0.717, 1.165) is 0 Å². The highest BCUT2D eigenvalue weighted by Crippen LogP contribution is 1.98. The fourth-order valence-electron chi connectivity index (χ4n) is 0.638. The van der Waals surface area contributed by atoms with Crippen LogP contribution in [0.25, 0.3) is 0 Å². The lowest BCUT2D eigenvalue weighted by atomic mass is 10.1. The predicted molar refractivity (Wildman–Crippen MR) is 39.5 cm³/mol. The normalized spacial score (nSPS) is 11.7. The zero-order valence-electron chi connectivity index (χ0n) is 6.50. The second-order valence-corrected chi connectivity index (χ2v) is 2.10. The molecule has 62 valence electrons.